The van der Waals surface area contributed by atoms with Crippen molar-refractivity contribution in [3.05, 3.63) is 142 Å². The minimum atomic E-state index is 1.26. The summed E-state index contributed by atoms with van der Waals surface area (Å²) in [4.78, 5) is 0. The zero-order valence-electron chi connectivity index (χ0n) is 26.2. The van der Waals surface area contributed by atoms with Crippen molar-refractivity contribution in [2.45, 2.75) is 55.4 Å². The molecule has 0 nitrogen and oxygen atoms in total. The third-order valence-electron chi connectivity index (χ3n) is 8.25. The molecule has 0 amide bonds. The van der Waals surface area contributed by atoms with E-state index in [1.165, 1.54) is 99.8 Å². The lowest BCUT2D eigenvalue weighted by Crippen LogP contribution is -1.93. The lowest BCUT2D eigenvalue weighted by molar-refractivity contribution is 1.37. The first-order valence-corrected chi connectivity index (χ1v) is 15.0. The SMILES string of the molecule is Cc1cc(C)cc(-c2cc(-c3cc(C)cc(C)c3)c3cc(-c4cc(C)cc(C)c4)cc(-c4cc(C)cc(C)c4)c3c2)c1. The van der Waals surface area contributed by atoms with Crippen molar-refractivity contribution in [2.75, 3.05) is 0 Å². The predicted molar refractivity (Wildman–Crippen MR) is 184 cm³/mol. The summed E-state index contributed by atoms with van der Waals surface area (Å²) in [6, 6.07) is 37.4. The zero-order valence-corrected chi connectivity index (χ0v) is 26.2. The molecule has 0 heterocycles. The molecule has 42 heavy (non-hydrogen) atoms. The molecule has 6 rings (SSSR count). The van der Waals surface area contributed by atoms with E-state index in [1.54, 1.807) is 0 Å². The van der Waals surface area contributed by atoms with E-state index >= 15 is 0 Å². The number of fused-ring (bicyclic) bond motifs is 1. The van der Waals surface area contributed by atoms with Crippen molar-refractivity contribution in [1.82, 2.24) is 0 Å². The second kappa shape index (κ2) is 10.8. The molecule has 208 valence electrons. The molecule has 0 aromatic heterocycles. The highest BCUT2D eigenvalue weighted by atomic mass is 14.2. The molecule has 0 spiro atoms. The van der Waals surface area contributed by atoms with E-state index in [9.17, 15) is 0 Å². The fourth-order valence-corrected chi connectivity index (χ4v) is 6.82. The maximum Gasteiger partial charge on any atom is -0.00926 e. The smallest absolute Gasteiger partial charge is 0.00926 e. The number of benzene rings is 6. The molecule has 0 bridgehead atoms. The fourth-order valence-electron chi connectivity index (χ4n) is 6.82. The van der Waals surface area contributed by atoms with Gasteiger partial charge in [-0.3, -0.25) is 0 Å². The number of rotatable bonds is 4. The van der Waals surface area contributed by atoms with Crippen LogP contribution in [0.1, 0.15) is 44.5 Å². The first-order valence-electron chi connectivity index (χ1n) is 15.0. The molecular formula is C42H40. The van der Waals surface area contributed by atoms with Gasteiger partial charge in [-0.2, -0.15) is 0 Å². The van der Waals surface area contributed by atoms with E-state index in [0.717, 1.165) is 0 Å². The number of hydrogen-bond donors (Lipinski definition) is 0. The molecule has 0 aliphatic rings. The molecule has 0 saturated carbocycles. The van der Waals surface area contributed by atoms with E-state index < -0.39 is 0 Å². The van der Waals surface area contributed by atoms with Gasteiger partial charge in [0.15, 0.2) is 0 Å². The van der Waals surface area contributed by atoms with Crippen LogP contribution in [0.25, 0.3) is 55.3 Å². The lowest BCUT2D eigenvalue weighted by Gasteiger charge is -2.19. The van der Waals surface area contributed by atoms with Gasteiger partial charge in [-0.05, 0) is 135 Å². The van der Waals surface area contributed by atoms with Gasteiger partial charge in [-0.15, -0.1) is 0 Å². The molecule has 0 aliphatic carbocycles. The topological polar surface area (TPSA) is 0 Å². The van der Waals surface area contributed by atoms with Gasteiger partial charge < -0.3 is 0 Å². The average Bonchev–Trinajstić information content (AvgIpc) is 2.89. The van der Waals surface area contributed by atoms with Crippen LogP contribution >= 0.6 is 0 Å². The summed E-state index contributed by atoms with van der Waals surface area (Å²) >= 11 is 0. The van der Waals surface area contributed by atoms with E-state index in [-0.39, 0.29) is 0 Å². The summed E-state index contributed by atoms with van der Waals surface area (Å²) in [6.07, 6.45) is 0. The molecule has 6 aromatic rings. The van der Waals surface area contributed by atoms with Gasteiger partial charge in [0, 0.05) is 0 Å². The second-order valence-electron chi connectivity index (χ2n) is 12.6. The van der Waals surface area contributed by atoms with Gasteiger partial charge in [-0.25, -0.2) is 0 Å². The van der Waals surface area contributed by atoms with Gasteiger partial charge in [0.25, 0.3) is 0 Å². The Morgan fingerprint density at radius 3 is 0.690 bits per heavy atom. The van der Waals surface area contributed by atoms with Gasteiger partial charge in [0.2, 0.25) is 0 Å². The van der Waals surface area contributed by atoms with Crippen LogP contribution in [0.3, 0.4) is 0 Å². The van der Waals surface area contributed by atoms with Crippen molar-refractivity contribution < 1.29 is 0 Å². The Morgan fingerprint density at radius 1 is 0.214 bits per heavy atom. The van der Waals surface area contributed by atoms with Gasteiger partial charge in [-0.1, -0.05) is 117 Å². The van der Waals surface area contributed by atoms with E-state index in [4.69, 9.17) is 0 Å². The second-order valence-corrected chi connectivity index (χ2v) is 12.6. The van der Waals surface area contributed by atoms with Crippen LogP contribution in [0.5, 0.6) is 0 Å². The van der Waals surface area contributed by atoms with E-state index in [0.29, 0.717) is 0 Å². The Balaban J connectivity index is 1.78. The molecule has 0 atom stereocenters. The highest BCUT2D eigenvalue weighted by Gasteiger charge is 2.16. The zero-order chi connectivity index (χ0) is 29.7. The maximum absolute atomic E-state index is 2.42. The van der Waals surface area contributed by atoms with Crippen molar-refractivity contribution in [3.8, 4) is 44.5 Å². The van der Waals surface area contributed by atoms with Crippen molar-refractivity contribution in [1.29, 1.82) is 0 Å². The summed E-state index contributed by atoms with van der Waals surface area (Å²) in [5.41, 5.74) is 20.5. The Kier molecular flexibility index (Phi) is 7.11. The van der Waals surface area contributed by atoms with E-state index in [1.807, 2.05) is 0 Å². The van der Waals surface area contributed by atoms with Crippen LogP contribution < -0.4 is 0 Å². The van der Waals surface area contributed by atoms with Gasteiger partial charge in [0.1, 0.15) is 0 Å². The normalized spacial score (nSPS) is 11.3. The summed E-state index contributed by atoms with van der Waals surface area (Å²) in [5, 5.41) is 2.58. The summed E-state index contributed by atoms with van der Waals surface area (Å²) in [6.45, 7) is 17.6. The fraction of sp³-hybridized carbons (Fsp3) is 0.190. The molecule has 0 unspecified atom stereocenters. The van der Waals surface area contributed by atoms with Crippen molar-refractivity contribution >= 4 is 10.8 Å². The summed E-state index contributed by atoms with van der Waals surface area (Å²) in [5.74, 6) is 0. The van der Waals surface area contributed by atoms with Crippen molar-refractivity contribution in [3.63, 3.8) is 0 Å². The van der Waals surface area contributed by atoms with Crippen LogP contribution in [-0.2, 0) is 0 Å². The van der Waals surface area contributed by atoms with Crippen LogP contribution in [0.15, 0.2) is 97.1 Å². The molecule has 0 aliphatic heterocycles. The number of hydrogen-bond acceptors (Lipinski definition) is 0. The summed E-state index contributed by atoms with van der Waals surface area (Å²) in [7, 11) is 0. The highest BCUT2D eigenvalue weighted by Crippen LogP contribution is 2.42. The highest BCUT2D eigenvalue weighted by molar-refractivity contribution is 6.09. The monoisotopic (exact) mass is 544 g/mol. The third kappa shape index (κ3) is 5.55. The molecule has 6 aromatic carbocycles. The molecule has 0 fully saturated rings. The molecule has 0 saturated heterocycles. The first-order chi connectivity index (χ1) is 20.0. The summed E-state index contributed by atoms with van der Waals surface area (Å²) < 4.78 is 0. The predicted octanol–water partition coefficient (Wildman–Crippen LogP) is 12.0. The minimum absolute atomic E-state index is 1.26. The lowest BCUT2D eigenvalue weighted by atomic mass is 9.85. The van der Waals surface area contributed by atoms with Crippen LogP contribution in [0, 0.1) is 55.4 Å². The van der Waals surface area contributed by atoms with Crippen molar-refractivity contribution in [2.24, 2.45) is 0 Å². The van der Waals surface area contributed by atoms with Crippen LogP contribution in [-0.4, -0.2) is 0 Å². The number of aryl methyl sites for hydroxylation is 8. The molecular weight excluding hydrogens is 504 g/mol. The van der Waals surface area contributed by atoms with Gasteiger partial charge >= 0.3 is 0 Å². The average molecular weight is 545 g/mol. The molecule has 0 N–H and O–H groups in total. The van der Waals surface area contributed by atoms with Gasteiger partial charge in [0.05, 0.1) is 0 Å². The molecule has 0 radical (unpaired) electrons. The Hall–Kier alpha value is -4.42. The van der Waals surface area contributed by atoms with E-state index in [2.05, 4.69) is 152 Å². The molecule has 0 heteroatoms. The Bertz CT molecular complexity index is 1770. The quantitative estimate of drug-likeness (QED) is 0.207. The third-order valence-corrected chi connectivity index (χ3v) is 8.25. The maximum atomic E-state index is 2.42. The standard InChI is InChI=1S/C42H40/c1-25-9-26(2)14-33(13-25)35-21-39(37-17-29(5)11-30(6)18-37)42-24-36(34-15-27(3)10-28(4)16-34)22-40(41(42)23-35)38-19-31(7)12-32(8)20-38/h9-24H,1-8H3. The minimum Gasteiger partial charge on any atom is -0.0563 e. The Morgan fingerprint density at radius 2 is 0.429 bits per heavy atom. The van der Waals surface area contributed by atoms with Crippen LogP contribution in [0.4, 0.5) is 0 Å². The Labute approximate surface area is 251 Å². The van der Waals surface area contributed by atoms with Crippen LogP contribution in [0.2, 0.25) is 0 Å². The first kappa shape index (κ1) is 27.7. The largest absolute Gasteiger partial charge is 0.0563 e.